The third-order valence-corrected chi connectivity index (χ3v) is 4.25. The number of nitrogens with one attached hydrogen (secondary N) is 2. The molecule has 1 heterocycles. The average Bonchev–Trinajstić information content (AvgIpc) is 2.73. The van der Waals surface area contributed by atoms with Crippen molar-refractivity contribution < 1.29 is 4.74 Å². The van der Waals surface area contributed by atoms with E-state index in [1.54, 1.807) is 7.05 Å². The van der Waals surface area contributed by atoms with E-state index in [4.69, 9.17) is 4.74 Å². The van der Waals surface area contributed by atoms with Gasteiger partial charge < -0.3 is 15.4 Å². The number of aliphatic imine (C=N–C) groups is 1. The molecule has 2 aromatic carbocycles. The Bertz CT molecular complexity index is 859. The average molecular weight is 362 g/mol. The number of ether oxygens (including phenoxy) is 1. The normalized spacial score (nSPS) is 11.4. The predicted octanol–water partition coefficient (Wildman–Crippen LogP) is 3.41. The van der Waals surface area contributed by atoms with Gasteiger partial charge in [-0.2, -0.15) is 0 Å². The van der Waals surface area contributed by atoms with Gasteiger partial charge in [0.25, 0.3) is 0 Å². The van der Waals surface area contributed by atoms with Gasteiger partial charge in [0, 0.05) is 31.7 Å². The van der Waals surface area contributed by atoms with Crippen LogP contribution < -0.4 is 15.4 Å². The molecule has 27 heavy (non-hydrogen) atoms. The van der Waals surface area contributed by atoms with E-state index in [0.717, 1.165) is 43.2 Å². The van der Waals surface area contributed by atoms with Crippen LogP contribution in [0.4, 0.5) is 0 Å². The van der Waals surface area contributed by atoms with Gasteiger partial charge in [-0.3, -0.25) is 9.98 Å². The standard InChI is InChI=1S/C22H26N4O/c1-23-22(25-15-7-17-27-20-11-3-2-4-12-20)26-16-13-19-9-5-8-18-10-6-14-24-21(18)19/h2-6,8-12,14H,7,13,15-17H2,1H3,(H2,23,25,26). The van der Waals surface area contributed by atoms with Crippen LogP contribution in [0.3, 0.4) is 0 Å². The molecule has 0 aliphatic heterocycles. The summed E-state index contributed by atoms with van der Waals surface area (Å²) in [5.41, 5.74) is 2.31. The minimum absolute atomic E-state index is 0.676. The van der Waals surface area contributed by atoms with Crippen LogP contribution in [-0.2, 0) is 6.42 Å². The van der Waals surface area contributed by atoms with E-state index in [-0.39, 0.29) is 0 Å². The van der Waals surface area contributed by atoms with E-state index in [1.165, 1.54) is 10.9 Å². The maximum absolute atomic E-state index is 5.69. The SMILES string of the molecule is CN=C(NCCCOc1ccccc1)NCCc1cccc2cccnc12. The first kappa shape index (κ1) is 18.7. The van der Waals surface area contributed by atoms with Crippen LogP contribution in [0.1, 0.15) is 12.0 Å². The summed E-state index contributed by atoms with van der Waals surface area (Å²) in [4.78, 5) is 8.78. The molecule has 0 aliphatic rings. The molecular weight excluding hydrogens is 336 g/mol. The molecule has 0 saturated carbocycles. The van der Waals surface area contributed by atoms with Crippen LogP contribution in [0, 0.1) is 0 Å². The lowest BCUT2D eigenvalue weighted by molar-refractivity contribution is 0.311. The lowest BCUT2D eigenvalue weighted by atomic mass is 10.1. The Morgan fingerprint density at radius 2 is 1.78 bits per heavy atom. The highest BCUT2D eigenvalue weighted by molar-refractivity contribution is 5.82. The van der Waals surface area contributed by atoms with E-state index >= 15 is 0 Å². The fourth-order valence-electron chi connectivity index (χ4n) is 2.89. The van der Waals surface area contributed by atoms with Gasteiger partial charge in [0.05, 0.1) is 12.1 Å². The lowest BCUT2D eigenvalue weighted by Gasteiger charge is -2.13. The Hall–Kier alpha value is -3.08. The maximum atomic E-state index is 5.69. The van der Waals surface area contributed by atoms with Crippen molar-refractivity contribution in [3.63, 3.8) is 0 Å². The maximum Gasteiger partial charge on any atom is 0.190 e. The van der Waals surface area contributed by atoms with Gasteiger partial charge >= 0.3 is 0 Å². The van der Waals surface area contributed by atoms with Crippen LogP contribution in [0.5, 0.6) is 5.75 Å². The highest BCUT2D eigenvalue weighted by Crippen LogP contribution is 2.15. The van der Waals surface area contributed by atoms with Gasteiger partial charge in [0.1, 0.15) is 5.75 Å². The van der Waals surface area contributed by atoms with Crippen LogP contribution in [0.25, 0.3) is 10.9 Å². The van der Waals surface area contributed by atoms with E-state index in [2.05, 4.69) is 44.9 Å². The highest BCUT2D eigenvalue weighted by Gasteiger charge is 2.03. The Kier molecular flexibility index (Phi) is 7.04. The fraction of sp³-hybridized carbons (Fsp3) is 0.273. The number of para-hydroxylation sites is 2. The second-order valence-corrected chi connectivity index (χ2v) is 6.18. The summed E-state index contributed by atoms with van der Waals surface area (Å²) in [6.07, 6.45) is 3.65. The van der Waals surface area contributed by atoms with Crippen LogP contribution in [0.2, 0.25) is 0 Å². The second-order valence-electron chi connectivity index (χ2n) is 6.18. The third-order valence-electron chi connectivity index (χ3n) is 4.25. The van der Waals surface area contributed by atoms with Gasteiger partial charge in [0.15, 0.2) is 5.96 Å². The fourth-order valence-corrected chi connectivity index (χ4v) is 2.89. The Morgan fingerprint density at radius 1 is 0.963 bits per heavy atom. The molecule has 2 N–H and O–H groups in total. The van der Waals surface area contributed by atoms with Crippen molar-refractivity contribution >= 4 is 16.9 Å². The van der Waals surface area contributed by atoms with Gasteiger partial charge in [-0.05, 0) is 36.6 Å². The van der Waals surface area contributed by atoms with Crippen molar-refractivity contribution in [2.24, 2.45) is 4.99 Å². The van der Waals surface area contributed by atoms with Crippen molar-refractivity contribution in [1.82, 2.24) is 15.6 Å². The first-order chi connectivity index (χ1) is 13.4. The summed E-state index contributed by atoms with van der Waals surface area (Å²) in [5.74, 6) is 1.71. The summed E-state index contributed by atoms with van der Waals surface area (Å²) >= 11 is 0. The predicted molar refractivity (Wildman–Crippen MR) is 111 cm³/mol. The van der Waals surface area contributed by atoms with Crippen molar-refractivity contribution in [2.75, 3.05) is 26.7 Å². The monoisotopic (exact) mass is 362 g/mol. The number of rotatable bonds is 8. The number of pyridine rings is 1. The van der Waals surface area contributed by atoms with E-state index in [9.17, 15) is 0 Å². The molecule has 0 spiro atoms. The van der Waals surface area contributed by atoms with E-state index in [0.29, 0.717) is 6.61 Å². The summed E-state index contributed by atoms with van der Waals surface area (Å²) in [5, 5.41) is 7.86. The zero-order chi connectivity index (χ0) is 18.7. The molecule has 0 fully saturated rings. The van der Waals surface area contributed by atoms with Gasteiger partial charge in [-0.15, -0.1) is 0 Å². The highest BCUT2D eigenvalue weighted by atomic mass is 16.5. The van der Waals surface area contributed by atoms with Crippen molar-refractivity contribution in [3.8, 4) is 5.75 Å². The molecule has 140 valence electrons. The van der Waals surface area contributed by atoms with Crippen molar-refractivity contribution in [3.05, 3.63) is 72.4 Å². The molecule has 1 aromatic heterocycles. The first-order valence-electron chi connectivity index (χ1n) is 9.32. The number of benzene rings is 2. The van der Waals surface area contributed by atoms with E-state index < -0.39 is 0 Å². The molecule has 3 rings (SSSR count). The summed E-state index contributed by atoms with van der Waals surface area (Å²) in [7, 11) is 1.79. The molecule has 0 aliphatic carbocycles. The summed E-state index contributed by atoms with van der Waals surface area (Å²) < 4.78 is 5.69. The summed E-state index contributed by atoms with van der Waals surface area (Å²) in [6.45, 7) is 2.29. The van der Waals surface area contributed by atoms with Crippen LogP contribution >= 0.6 is 0 Å². The number of hydrogen-bond donors (Lipinski definition) is 2. The third kappa shape index (κ3) is 5.71. The van der Waals surface area contributed by atoms with E-state index in [1.807, 2.05) is 42.6 Å². The van der Waals surface area contributed by atoms with Crippen molar-refractivity contribution in [1.29, 1.82) is 0 Å². The Labute approximate surface area is 160 Å². The number of hydrogen-bond acceptors (Lipinski definition) is 3. The molecule has 0 unspecified atom stereocenters. The zero-order valence-electron chi connectivity index (χ0n) is 15.7. The second kappa shape index (κ2) is 10.2. The largest absolute Gasteiger partial charge is 0.494 e. The zero-order valence-corrected chi connectivity index (χ0v) is 15.7. The molecule has 0 radical (unpaired) electrons. The molecule has 0 atom stereocenters. The van der Waals surface area contributed by atoms with Gasteiger partial charge in [-0.25, -0.2) is 0 Å². The number of nitrogens with zero attached hydrogens (tertiary/aromatic N) is 2. The molecule has 3 aromatic rings. The molecule has 0 bridgehead atoms. The minimum Gasteiger partial charge on any atom is -0.494 e. The lowest BCUT2D eigenvalue weighted by Crippen LogP contribution is -2.39. The number of fused-ring (bicyclic) bond motifs is 1. The Morgan fingerprint density at radius 3 is 2.63 bits per heavy atom. The summed E-state index contributed by atoms with van der Waals surface area (Å²) in [6, 6.07) is 20.2. The van der Waals surface area contributed by atoms with Gasteiger partial charge in [0.2, 0.25) is 0 Å². The number of guanidine groups is 1. The molecule has 0 saturated heterocycles. The minimum atomic E-state index is 0.676. The van der Waals surface area contributed by atoms with Crippen LogP contribution in [-0.4, -0.2) is 37.7 Å². The molecule has 5 heteroatoms. The molecular formula is C22H26N4O. The Balaban J connectivity index is 1.38. The van der Waals surface area contributed by atoms with Crippen molar-refractivity contribution in [2.45, 2.75) is 12.8 Å². The quantitative estimate of drug-likeness (QED) is 0.366. The first-order valence-corrected chi connectivity index (χ1v) is 9.32. The smallest absolute Gasteiger partial charge is 0.190 e. The molecule has 0 amide bonds. The number of aromatic nitrogens is 1. The topological polar surface area (TPSA) is 58.5 Å². The van der Waals surface area contributed by atoms with Gasteiger partial charge in [-0.1, -0.05) is 42.5 Å². The van der Waals surface area contributed by atoms with Crippen LogP contribution in [0.15, 0.2) is 71.9 Å². The molecule has 5 nitrogen and oxygen atoms in total.